The van der Waals surface area contributed by atoms with Crippen LogP contribution < -0.4 is 0 Å². The number of benzene rings is 1. The van der Waals surface area contributed by atoms with Crippen LogP contribution in [0, 0.1) is 6.92 Å². The lowest BCUT2D eigenvalue weighted by Crippen LogP contribution is -2.07. The van der Waals surface area contributed by atoms with Crippen LogP contribution >= 0.6 is 0 Å². The minimum atomic E-state index is -0.976. The van der Waals surface area contributed by atoms with Gasteiger partial charge in [-0.05, 0) is 30.7 Å². The maximum Gasteiger partial charge on any atom is 0.335 e. The molecule has 0 radical (unpaired) electrons. The van der Waals surface area contributed by atoms with Gasteiger partial charge in [-0.25, -0.2) is 4.79 Å². The number of fused-ring (bicyclic) bond motifs is 1. The number of hydrogen-bond acceptors (Lipinski definition) is 2. The quantitative estimate of drug-likeness (QED) is 0.846. The van der Waals surface area contributed by atoms with Gasteiger partial charge >= 0.3 is 11.9 Å². The SMILES string of the molecule is Cc1cc2c(ccn2CC(=O)O)cc1C(=O)O. The molecule has 0 saturated heterocycles. The van der Waals surface area contributed by atoms with Gasteiger partial charge in [-0.1, -0.05) is 0 Å². The Kier molecular flexibility index (Phi) is 2.59. The summed E-state index contributed by atoms with van der Waals surface area (Å²) < 4.78 is 1.58. The van der Waals surface area contributed by atoms with E-state index in [4.69, 9.17) is 10.2 Å². The average molecular weight is 233 g/mol. The van der Waals surface area contributed by atoms with Gasteiger partial charge in [0.05, 0.1) is 5.56 Å². The van der Waals surface area contributed by atoms with Crippen molar-refractivity contribution in [1.29, 1.82) is 0 Å². The summed E-state index contributed by atoms with van der Waals surface area (Å²) in [7, 11) is 0. The number of carboxylic acids is 2. The van der Waals surface area contributed by atoms with Gasteiger partial charge in [0.2, 0.25) is 0 Å². The third-order valence-corrected chi connectivity index (χ3v) is 2.65. The fraction of sp³-hybridized carbons (Fsp3) is 0.167. The van der Waals surface area contributed by atoms with Crippen molar-refractivity contribution < 1.29 is 19.8 Å². The lowest BCUT2D eigenvalue weighted by molar-refractivity contribution is -0.137. The number of hydrogen-bond donors (Lipinski definition) is 2. The van der Waals surface area contributed by atoms with E-state index in [1.54, 1.807) is 35.9 Å². The topological polar surface area (TPSA) is 79.5 Å². The van der Waals surface area contributed by atoms with Crippen molar-refractivity contribution in [2.75, 3.05) is 0 Å². The molecule has 0 aliphatic carbocycles. The Morgan fingerprint density at radius 3 is 2.59 bits per heavy atom. The standard InChI is InChI=1S/C12H11NO4/c1-7-4-10-8(5-9(7)12(16)17)2-3-13(10)6-11(14)15/h2-5H,6H2,1H3,(H,14,15)(H,16,17). The molecule has 0 atom stereocenters. The smallest absolute Gasteiger partial charge is 0.335 e. The van der Waals surface area contributed by atoms with Crippen LogP contribution in [0.1, 0.15) is 15.9 Å². The van der Waals surface area contributed by atoms with E-state index in [0.29, 0.717) is 5.56 Å². The summed E-state index contributed by atoms with van der Waals surface area (Å²) in [6, 6.07) is 4.97. The molecule has 2 N–H and O–H groups in total. The van der Waals surface area contributed by atoms with Gasteiger partial charge in [-0.2, -0.15) is 0 Å². The Balaban J connectivity index is 2.60. The molecule has 88 valence electrons. The second-order valence-electron chi connectivity index (χ2n) is 3.87. The Labute approximate surface area is 96.9 Å². The van der Waals surface area contributed by atoms with Crippen LogP contribution in [0.3, 0.4) is 0 Å². The zero-order chi connectivity index (χ0) is 12.6. The van der Waals surface area contributed by atoms with Gasteiger partial charge in [0.15, 0.2) is 0 Å². The first-order valence-electron chi connectivity index (χ1n) is 5.03. The van der Waals surface area contributed by atoms with E-state index in [1.807, 2.05) is 0 Å². The van der Waals surface area contributed by atoms with Crippen molar-refractivity contribution in [3.05, 3.63) is 35.5 Å². The van der Waals surface area contributed by atoms with Crippen LogP contribution in [0.2, 0.25) is 0 Å². The van der Waals surface area contributed by atoms with Crippen LogP contribution in [-0.2, 0) is 11.3 Å². The number of carboxylic acid groups (broad SMARTS) is 2. The lowest BCUT2D eigenvalue weighted by atomic mass is 10.1. The van der Waals surface area contributed by atoms with E-state index < -0.39 is 11.9 Å². The van der Waals surface area contributed by atoms with Crippen LogP contribution in [0.4, 0.5) is 0 Å². The summed E-state index contributed by atoms with van der Waals surface area (Å²) in [4.78, 5) is 21.6. The molecule has 0 amide bonds. The Hall–Kier alpha value is -2.30. The predicted octanol–water partition coefficient (Wildman–Crippen LogP) is 1.73. The molecule has 0 aliphatic heterocycles. The second-order valence-corrected chi connectivity index (χ2v) is 3.87. The van der Waals surface area contributed by atoms with E-state index in [9.17, 15) is 9.59 Å². The van der Waals surface area contributed by atoms with Crippen molar-refractivity contribution in [2.45, 2.75) is 13.5 Å². The molecule has 0 fully saturated rings. The predicted molar refractivity (Wildman–Crippen MR) is 61.3 cm³/mol. The zero-order valence-corrected chi connectivity index (χ0v) is 9.17. The highest BCUT2D eigenvalue weighted by Crippen LogP contribution is 2.21. The summed E-state index contributed by atoms with van der Waals surface area (Å²) in [6.07, 6.45) is 1.64. The highest BCUT2D eigenvalue weighted by atomic mass is 16.4. The molecule has 0 aliphatic rings. The number of aryl methyl sites for hydroxylation is 1. The number of aromatic nitrogens is 1. The first-order chi connectivity index (χ1) is 7.99. The number of aromatic carboxylic acids is 1. The Bertz CT molecular complexity index is 612. The summed E-state index contributed by atoms with van der Waals surface area (Å²) in [5.41, 5.74) is 1.59. The largest absolute Gasteiger partial charge is 0.480 e. The molecule has 0 unspecified atom stereocenters. The minimum absolute atomic E-state index is 0.130. The molecule has 0 bridgehead atoms. The van der Waals surface area contributed by atoms with E-state index in [-0.39, 0.29) is 12.1 Å². The molecule has 5 nitrogen and oxygen atoms in total. The molecule has 2 aromatic rings. The minimum Gasteiger partial charge on any atom is -0.480 e. The Morgan fingerprint density at radius 1 is 1.29 bits per heavy atom. The highest BCUT2D eigenvalue weighted by molar-refractivity contribution is 5.95. The molecular weight excluding hydrogens is 222 g/mol. The Morgan fingerprint density at radius 2 is 2.00 bits per heavy atom. The van der Waals surface area contributed by atoms with Crippen LogP contribution in [0.5, 0.6) is 0 Å². The van der Waals surface area contributed by atoms with Crippen LogP contribution in [-0.4, -0.2) is 26.7 Å². The fourth-order valence-electron chi connectivity index (χ4n) is 1.86. The summed E-state index contributed by atoms with van der Waals surface area (Å²) >= 11 is 0. The van der Waals surface area contributed by atoms with Gasteiger partial charge in [0.25, 0.3) is 0 Å². The lowest BCUT2D eigenvalue weighted by Gasteiger charge is -2.04. The normalized spacial score (nSPS) is 10.6. The summed E-state index contributed by atoms with van der Waals surface area (Å²) in [5, 5.41) is 18.4. The maximum absolute atomic E-state index is 10.9. The van der Waals surface area contributed by atoms with E-state index in [1.165, 1.54) is 0 Å². The molecule has 0 spiro atoms. The maximum atomic E-state index is 10.9. The van der Waals surface area contributed by atoms with E-state index in [2.05, 4.69) is 0 Å². The molecule has 5 heteroatoms. The number of aliphatic carboxylic acids is 1. The van der Waals surface area contributed by atoms with E-state index in [0.717, 1.165) is 10.9 Å². The average Bonchev–Trinajstić information content (AvgIpc) is 2.59. The molecule has 0 saturated carbocycles. The van der Waals surface area contributed by atoms with Gasteiger partial charge in [0, 0.05) is 17.1 Å². The highest BCUT2D eigenvalue weighted by Gasteiger charge is 2.11. The third-order valence-electron chi connectivity index (χ3n) is 2.65. The van der Waals surface area contributed by atoms with E-state index >= 15 is 0 Å². The number of rotatable bonds is 3. The number of carbonyl (C=O) groups is 2. The van der Waals surface area contributed by atoms with Crippen LogP contribution in [0.15, 0.2) is 24.4 Å². The van der Waals surface area contributed by atoms with Crippen molar-refractivity contribution in [1.82, 2.24) is 4.57 Å². The summed E-state index contributed by atoms with van der Waals surface area (Å²) in [6.45, 7) is 1.57. The molecule has 1 heterocycles. The van der Waals surface area contributed by atoms with Crippen molar-refractivity contribution >= 4 is 22.8 Å². The molecule has 2 rings (SSSR count). The molecular formula is C12H11NO4. The van der Waals surface area contributed by atoms with Gasteiger partial charge < -0.3 is 14.8 Å². The van der Waals surface area contributed by atoms with Crippen molar-refractivity contribution in [3.8, 4) is 0 Å². The molecule has 17 heavy (non-hydrogen) atoms. The fourth-order valence-corrected chi connectivity index (χ4v) is 1.86. The molecule has 1 aromatic heterocycles. The summed E-state index contributed by atoms with van der Waals surface area (Å²) in [5.74, 6) is -1.90. The van der Waals surface area contributed by atoms with Crippen molar-refractivity contribution in [3.63, 3.8) is 0 Å². The van der Waals surface area contributed by atoms with Gasteiger partial charge in [-0.15, -0.1) is 0 Å². The first kappa shape index (κ1) is 11.2. The second kappa shape index (κ2) is 3.93. The van der Waals surface area contributed by atoms with Crippen LogP contribution in [0.25, 0.3) is 10.9 Å². The van der Waals surface area contributed by atoms with Gasteiger partial charge in [-0.3, -0.25) is 4.79 Å². The van der Waals surface area contributed by atoms with Gasteiger partial charge in [0.1, 0.15) is 6.54 Å². The molecule has 1 aromatic carbocycles. The van der Waals surface area contributed by atoms with Crippen molar-refractivity contribution in [2.24, 2.45) is 0 Å². The monoisotopic (exact) mass is 233 g/mol. The third kappa shape index (κ3) is 1.99. The number of nitrogens with zero attached hydrogens (tertiary/aromatic N) is 1. The first-order valence-corrected chi connectivity index (χ1v) is 5.03. The zero-order valence-electron chi connectivity index (χ0n) is 9.17.